The van der Waals surface area contributed by atoms with Crippen LogP contribution in [0.2, 0.25) is 0 Å². The molecule has 0 aliphatic heterocycles. The van der Waals surface area contributed by atoms with Crippen molar-refractivity contribution in [2.24, 2.45) is 5.92 Å². The molecule has 1 atom stereocenters. The topological polar surface area (TPSA) is 67.9 Å². The van der Waals surface area contributed by atoms with Crippen LogP contribution in [0.3, 0.4) is 0 Å². The van der Waals surface area contributed by atoms with Gasteiger partial charge in [-0.15, -0.1) is 0 Å². The smallest absolute Gasteiger partial charge is 0.328 e. The lowest BCUT2D eigenvalue weighted by Crippen LogP contribution is -2.34. The van der Waals surface area contributed by atoms with Crippen LogP contribution in [0.4, 0.5) is 15.8 Å². The molecule has 1 aliphatic carbocycles. The van der Waals surface area contributed by atoms with E-state index in [0.29, 0.717) is 35.8 Å². The second kappa shape index (κ2) is 15.2. The van der Waals surface area contributed by atoms with Crippen molar-refractivity contribution >= 4 is 23.1 Å². The third-order valence-corrected chi connectivity index (χ3v) is 8.10. The van der Waals surface area contributed by atoms with Crippen LogP contribution in [0.1, 0.15) is 47.2 Å². The van der Waals surface area contributed by atoms with E-state index in [1.54, 1.807) is 42.5 Å². The second-order valence-electron chi connectivity index (χ2n) is 11.2. The lowest BCUT2D eigenvalue weighted by molar-refractivity contribution is -0.141. The number of carbonyl (C=O) groups is 2. The highest BCUT2D eigenvalue weighted by molar-refractivity contribution is 6.12. The summed E-state index contributed by atoms with van der Waals surface area (Å²) in [4.78, 5) is 28.2. The number of carbonyl (C=O) groups excluding carboxylic acids is 2. The van der Waals surface area contributed by atoms with E-state index in [1.807, 2.05) is 54.6 Å². The van der Waals surface area contributed by atoms with Gasteiger partial charge in [0.25, 0.3) is 0 Å². The van der Waals surface area contributed by atoms with Crippen LogP contribution in [-0.2, 0) is 16.0 Å². The predicted octanol–water partition coefficient (Wildman–Crippen LogP) is 7.33. The number of halogens is 1. The Labute approximate surface area is 258 Å². The number of ketones is 1. The second-order valence-corrected chi connectivity index (χ2v) is 11.2. The SMILES string of the molecule is COC(=O)C(Cc1ccc(OCCCN(CC2CCC2)c2cccc(F)c2)cc1)Nc1ccccc1C(=O)c1ccccc1. The van der Waals surface area contributed by atoms with Gasteiger partial charge < -0.3 is 19.7 Å². The molecule has 228 valence electrons. The fraction of sp³-hybridized carbons (Fsp3) is 0.297. The number of nitrogens with zero attached hydrogens (tertiary/aromatic N) is 1. The van der Waals surface area contributed by atoms with E-state index in [1.165, 1.54) is 32.4 Å². The molecule has 4 aromatic rings. The lowest BCUT2D eigenvalue weighted by Gasteiger charge is -2.34. The number of ether oxygens (including phenoxy) is 2. The van der Waals surface area contributed by atoms with Crippen molar-refractivity contribution in [2.45, 2.75) is 38.1 Å². The molecular formula is C37H39FN2O4. The van der Waals surface area contributed by atoms with Gasteiger partial charge in [-0.3, -0.25) is 4.79 Å². The molecule has 1 saturated carbocycles. The third kappa shape index (κ3) is 8.25. The summed E-state index contributed by atoms with van der Waals surface area (Å²) < 4.78 is 25.0. The fourth-order valence-electron chi connectivity index (χ4n) is 5.46. The summed E-state index contributed by atoms with van der Waals surface area (Å²) in [5, 5.41) is 3.25. The van der Waals surface area contributed by atoms with Crippen molar-refractivity contribution < 1.29 is 23.5 Å². The number of methoxy groups -OCH3 is 1. The molecule has 4 aromatic carbocycles. The van der Waals surface area contributed by atoms with E-state index >= 15 is 0 Å². The molecule has 0 heterocycles. The summed E-state index contributed by atoms with van der Waals surface area (Å²) >= 11 is 0. The first-order valence-corrected chi connectivity index (χ1v) is 15.3. The lowest BCUT2D eigenvalue weighted by atomic mass is 9.85. The summed E-state index contributed by atoms with van der Waals surface area (Å²) in [5.74, 6) is 0.657. The van der Waals surface area contributed by atoms with Gasteiger partial charge in [-0.25, -0.2) is 9.18 Å². The Morgan fingerprint density at radius 1 is 0.932 bits per heavy atom. The van der Waals surface area contributed by atoms with E-state index in [4.69, 9.17) is 9.47 Å². The van der Waals surface area contributed by atoms with Crippen LogP contribution in [0.15, 0.2) is 103 Å². The van der Waals surface area contributed by atoms with Crippen molar-refractivity contribution in [1.82, 2.24) is 0 Å². The first-order chi connectivity index (χ1) is 21.5. The fourth-order valence-corrected chi connectivity index (χ4v) is 5.46. The van der Waals surface area contributed by atoms with Crippen molar-refractivity contribution in [3.63, 3.8) is 0 Å². The molecule has 1 aliphatic rings. The summed E-state index contributed by atoms with van der Waals surface area (Å²) in [7, 11) is 1.36. The molecule has 1 unspecified atom stereocenters. The molecule has 1 N–H and O–H groups in total. The summed E-state index contributed by atoms with van der Waals surface area (Å²) in [6.45, 7) is 2.27. The molecule has 5 rings (SSSR count). The maximum Gasteiger partial charge on any atom is 0.328 e. The first kappa shape index (κ1) is 30.8. The van der Waals surface area contributed by atoms with Gasteiger partial charge in [0, 0.05) is 42.0 Å². The zero-order valence-corrected chi connectivity index (χ0v) is 25.1. The normalized spacial score (nSPS) is 13.4. The van der Waals surface area contributed by atoms with Crippen molar-refractivity contribution in [2.75, 3.05) is 37.0 Å². The average molecular weight is 595 g/mol. The molecule has 0 amide bonds. The van der Waals surface area contributed by atoms with Crippen LogP contribution >= 0.6 is 0 Å². The minimum atomic E-state index is -0.694. The molecule has 1 fully saturated rings. The average Bonchev–Trinajstić information content (AvgIpc) is 3.04. The Morgan fingerprint density at radius 3 is 2.39 bits per heavy atom. The third-order valence-electron chi connectivity index (χ3n) is 8.10. The van der Waals surface area contributed by atoms with Gasteiger partial charge in [-0.2, -0.15) is 0 Å². The zero-order valence-electron chi connectivity index (χ0n) is 25.1. The maximum absolute atomic E-state index is 13.9. The van der Waals surface area contributed by atoms with Crippen LogP contribution in [0.25, 0.3) is 0 Å². The highest BCUT2D eigenvalue weighted by Gasteiger charge is 2.23. The number of hydrogen-bond donors (Lipinski definition) is 1. The standard InChI is InChI=1S/C37H39FN2O4/c1-43-37(42)35(39-34-17-6-5-16-33(34)36(41)29-12-3-2-4-13-29)24-27-18-20-32(21-19-27)44-23-9-22-40(26-28-10-7-11-28)31-15-8-14-30(38)25-31/h2-6,8,12-21,25,28,35,39H,7,9-11,22-24,26H2,1H3. The Bertz CT molecular complexity index is 1520. The zero-order chi connectivity index (χ0) is 30.7. The van der Waals surface area contributed by atoms with E-state index in [9.17, 15) is 14.0 Å². The van der Waals surface area contributed by atoms with Crippen LogP contribution in [-0.4, -0.2) is 44.6 Å². The number of para-hydroxylation sites is 1. The molecular weight excluding hydrogens is 555 g/mol. The molecule has 0 radical (unpaired) electrons. The van der Waals surface area contributed by atoms with Gasteiger partial charge in [0.15, 0.2) is 5.78 Å². The number of rotatable bonds is 15. The number of anilines is 2. The quantitative estimate of drug-likeness (QED) is 0.0883. The molecule has 7 heteroatoms. The number of hydrogen-bond acceptors (Lipinski definition) is 6. The van der Waals surface area contributed by atoms with Gasteiger partial charge in [0.05, 0.1) is 13.7 Å². The minimum Gasteiger partial charge on any atom is -0.494 e. The Kier molecular flexibility index (Phi) is 10.6. The largest absolute Gasteiger partial charge is 0.494 e. The van der Waals surface area contributed by atoms with E-state index in [-0.39, 0.29) is 11.6 Å². The first-order valence-electron chi connectivity index (χ1n) is 15.3. The number of esters is 1. The molecule has 0 saturated heterocycles. The van der Waals surface area contributed by atoms with Crippen LogP contribution in [0, 0.1) is 11.7 Å². The van der Waals surface area contributed by atoms with Gasteiger partial charge >= 0.3 is 5.97 Å². The summed E-state index contributed by atoms with van der Waals surface area (Å²) in [5.41, 5.74) is 3.47. The highest BCUT2D eigenvalue weighted by atomic mass is 19.1. The molecule has 0 spiro atoms. The van der Waals surface area contributed by atoms with E-state index in [0.717, 1.165) is 36.5 Å². The van der Waals surface area contributed by atoms with Crippen molar-refractivity contribution in [1.29, 1.82) is 0 Å². The van der Waals surface area contributed by atoms with Gasteiger partial charge in [0.2, 0.25) is 0 Å². The predicted molar refractivity (Wildman–Crippen MR) is 172 cm³/mol. The van der Waals surface area contributed by atoms with Crippen molar-refractivity contribution in [3.05, 3.63) is 126 Å². The Balaban J connectivity index is 1.17. The van der Waals surface area contributed by atoms with Gasteiger partial charge in [-0.1, -0.05) is 67.1 Å². The Morgan fingerprint density at radius 2 is 1.68 bits per heavy atom. The number of benzene rings is 4. The highest BCUT2D eigenvalue weighted by Crippen LogP contribution is 2.29. The van der Waals surface area contributed by atoms with Crippen molar-refractivity contribution in [3.8, 4) is 5.75 Å². The molecule has 0 aromatic heterocycles. The van der Waals surface area contributed by atoms with Crippen LogP contribution in [0.5, 0.6) is 5.75 Å². The monoisotopic (exact) mass is 594 g/mol. The van der Waals surface area contributed by atoms with Gasteiger partial charge in [-0.05, 0) is 73.2 Å². The number of nitrogens with one attached hydrogen (secondary N) is 1. The van der Waals surface area contributed by atoms with E-state index < -0.39 is 12.0 Å². The molecule has 6 nitrogen and oxygen atoms in total. The maximum atomic E-state index is 13.9. The Hall–Kier alpha value is -4.65. The van der Waals surface area contributed by atoms with Crippen LogP contribution < -0.4 is 15.0 Å². The van der Waals surface area contributed by atoms with Gasteiger partial charge in [0.1, 0.15) is 17.6 Å². The summed E-state index contributed by atoms with van der Waals surface area (Å²) in [6.07, 6.45) is 4.92. The molecule has 44 heavy (non-hydrogen) atoms. The minimum absolute atomic E-state index is 0.124. The summed E-state index contributed by atoms with van der Waals surface area (Å²) in [6, 6.07) is 30.0. The van der Waals surface area contributed by atoms with E-state index in [2.05, 4.69) is 10.2 Å². The molecule has 0 bridgehead atoms.